The van der Waals surface area contributed by atoms with Crippen LogP contribution in [0.3, 0.4) is 0 Å². The maximum atomic E-state index is 11.3. The van der Waals surface area contributed by atoms with Gasteiger partial charge in [0.2, 0.25) is 0 Å². The molecule has 0 amide bonds. The zero-order chi connectivity index (χ0) is 10.3. The van der Waals surface area contributed by atoms with Crippen LogP contribution in [0, 0.1) is 0 Å². The molecule has 3 nitrogen and oxygen atoms in total. The van der Waals surface area contributed by atoms with E-state index in [0.29, 0.717) is 12.2 Å². The third-order valence-electron chi connectivity index (χ3n) is 1.47. The lowest BCUT2D eigenvalue weighted by Crippen LogP contribution is -2.19. The fraction of sp³-hybridized carbons (Fsp3) is 0.556. The molecule has 0 heterocycles. The van der Waals surface area contributed by atoms with Gasteiger partial charge in [-0.05, 0) is 6.42 Å². The van der Waals surface area contributed by atoms with E-state index in [0.717, 1.165) is 0 Å². The summed E-state index contributed by atoms with van der Waals surface area (Å²) in [7, 11) is 0. The Balaban J connectivity index is 3.98. The van der Waals surface area contributed by atoms with Crippen LogP contribution in [0.15, 0.2) is 12.7 Å². The van der Waals surface area contributed by atoms with Crippen molar-refractivity contribution in [1.82, 2.24) is 0 Å². The zero-order valence-electron chi connectivity index (χ0n) is 7.66. The monoisotopic (exact) mass is 202 g/mol. The van der Waals surface area contributed by atoms with Crippen LogP contribution in [0.25, 0.3) is 0 Å². The van der Waals surface area contributed by atoms with Crippen molar-refractivity contribution in [2.24, 2.45) is 0 Å². The minimum absolute atomic E-state index is 0.200. The van der Waals surface area contributed by atoms with Crippen molar-refractivity contribution < 1.29 is 14.7 Å². The molecule has 0 aliphatic heterocycles. The smallest absolute Gasteiger partial charge is 0.310 e. The first-order valence-electron chi connectivity index (χ1n) is 4.08. The molecule has 4 heteroatoms. The van der Waals surface area contributed by atoms with Crippen molar-refractivity contribution >= 4 is 23.5 Å². The van der Waals surface area contributed by atoms with Crippen LogP contribution in [0.2, 0.25) is 0 Å². The maximum Gasteiger partial charge on any atom is 0.310 e. The highest BCUT2D eigenvalue weighted by Gasteiger charge is 2.18. The highest BCUT2D eigenvalue weighted by Crippen LogP contribution is 2.16. The minimum atomic E-state index is -1.05. The van der Waals surface area contributed by atoms with Crippen LogP contribution in [0.4, 0.5) is 0 Å². The molecule has 1 unspecified atom stereocenters. The normalized spacial score (nSPS) is 12.1. The minimum Gasteiger partial charge on any atom is -0.481 e. The summed E-state index contributed by atoms with van der Waals surface area (Å²) in [5.74, 6) is -0.575. The van der Waals surface area contributed by atoms with E-state index in [9.17, 15) is 9.59 Å². The van der Waals surface area contributed by atoms with Crippen molar-refractivity contribution in [1.29, 1.82) is 0 Å². The number of carbonyl (C=O) groups excluding carboxylic acids is 1. The Morgan fingerprint density at radius 1 is 1.62 bits per heavy atom. The van der Waals surface area contributed by atoms with E-state index in [4.69, 9.17) is 5.11 Å². The Labute approximate surface area is 82.2 Å². The van der Waals surface area contributed by atoms with Gasteiger partial charge < -0.3 is 5.11 Å². The Bertz CT molecular complexity index is 201. The van der Waals surface area contributed by atoms with E-state index in [2.05, 4.69) is 6.58 Å². The van der Waals surface area contributed by atoms with Gasteiger partial charge in [0, 0.05) is 5.75 Å². The number of carboxylic acid groups (broad SMARTS) is 1. The summed E-state index contributed by atoms with van der Waals surface area (Å²) in [6, 6.07) is 0. The third-order valence-corrected chi connectivity index (χ3v) is 2.90. The number of carbonyl (C=O) groups is 2. The van der Waals surface area contributed by atoms with Gasteiger partial charge >= 0.3 is 5.97 Å². The molecule has 0 aliphatic rings. The Hall–Kier alpha value is -0.770. The first-order chi connectivity index (χ1) is 6.11. The van der Waals surface area contributed by atoms with E-state index < -0.39 is 5.97 Å². The van der Waals surface area contributed by atoms with Gasteiger partial charge in [0.1, 0.15) is 6.42 Å². The molecule has 0 radical (unpaired) electrons. The quantitative estimate of drug-likeness (QED) is 0.504. The molecule has 0 rings (SSSR count). The van der Waals surface area contributed by atoms with Crippen LogP contribution < -0.4 is 0 Å². The number of hydrogen-bond donors (Lipinski definition) is 1. The Kier molecular flexibility index (Phi) is 6.32. The molecule has 1 atom stereocenters. The van der Waals surface area contributed by atoms with Crippen LogP contribution >= 0.6 is 11.8 Å². The second-order valence-electron chi connectivity index (χ2n) is 2.56. The van der Waals surface area contributed by atoms with Crippen molar-refractivity contribution in [2.45, 2.75) is 25.0 Å². The van der Waals surface area contributed by atoms with Crippen molar-refractivity contribution in [3.8, 4) is 0 Å². The van der Waals surface area contributed by atoms with Crippen molar-refractivity contribution in [3.63, 3.8) is 0 Å². The third kappa shape index (κ3) is 5.47. The molecule has 0 bridgehead atoms. The number of Topliss-reactive ketones (excluding diaryl/α,β-unsaturated/α-hetero) is 1. The number of ketones is 1. The number of hydrogen-bond acceptors (Lipinski definition) is 3. The number of rotatable bonds is 7. The van der Waals surface area contributed by atoms with Gasteiger partial charge in [0.15, 0.2) is 5.78 Å². The van der Waals surface area contributed by atoms with Gasteiger partial charge in [-0.3, -0.25) is 9.59 Å². The summed E-state index contributed by atoms with van der Waals surface area (Å²) < 4.78 is 0. The van der Waals surface area contributed by atoms with Gasteiger partial charge in [-0.1, -0.05) is 13.0 Å². The fourth-order valence-corrected chi connectivity index (χ4v) is 1.76. The van der Waals surface area contributed by atoms with Gasteiger partial charge in [0.05, 0.1) is 5.25 Å². The van der Waals surface area contributed by atoms with Crippen molar-refractivity contribution in [2.75, 3.05) is 5.75 Å². The van der Waals surface area contributed by atoms with E-state index in [1.54, 1.807) is 6.08 Å². The van der Waals surface area contributed by atoms with Crippen LogP contribution in [0.5, 0.6) is 0 Å². The first kappa shape index (κ1) is 12.2. The standard InChI is InChI=1S/C9H14O3S/c1-3-5-13-8(4-2)7(10)6-9(11)12/h3,8H,1,4-6H2,2H3,(H,11,12). The Morgan fingerprint density at radius 3 is 2.62 bits per heavy atom. The Morgan fingerprint density at radius 2 is 2.23 bits per heavy atom. The molecular formula is C9H14O3S. The lowest BCUT2D eigenvalue weighted by atomic mass is 10.2. The number of aliphatic carboxylic acids is 1. The summed E-state index contributed by atoms with van der Waals surface area (Å²) in [6.07, 6.45) is 2.01. The molecule has 0 fully saturated rings. The lowest BCUT2D eigenvalue weighted by Gasteiger charge is -2.10. The summed E-state index contributed by atoms with van der Waals surface area (Å²) in [5, 5.41) is 8.20. The maximum absolute atomic E-state index is 11.3. The summed E-state index contributed by atoms with van der Waals surface area (Å²) in [6.45, 7) is 5.41. The highest BCUT2D eigenvalue weighted by atomic mass is 32.2. The van der Waals surface area contributed by atoms with Gasteiger partial charge in [-0.25, -0.2) is 0 Å². The number of thioether (sulfide) groups is 1. The van der Waals surface area contributed by atoms with E-state index in [1.165, 1.54) is 11.8 Å². The highest BCUT2D eigenvalue weighted by molar-refractivity contribution is 8.00. The second-order valence-corrected chi connectivity index (χ2v) is 3.79. The lowest BCUT2D eigenvalue weighted by molar-refractivity contribution is -0.140. The molecule has 0 saturated carbocycles. The topological polar surface area (TPSA) is 54.4 Å². The van der Waals surface area contributed by atoms with Crippen molar-refractivity contribution in [3.05, 3.63) is 12.7 Å². The molecule has 0 aromatic rings. The number of carboxylic acids is 1. The second kappa shape index (κ2) is 6.71. The van der Waals surface area contributed by atoms with E-state index in [1.807, 2.05) is 6.92 Å². The summed E-state index contributed by atoms with van der Waals surface area (Å²) in [4.78, 5) is 21.5. The molecular weight excluding hydrogens is 188 g/mol. The molecule has 0 aliphatic carbocycles. The molecule has 0 aromatic heterocycles. The van der Waals surface area contributed by atoms with Crippen LogP contribution in [-0.2, 0) is 9.59 Å². The average molecular weight is 202 g/mol. The summed E-state index contributed by atoms with van der Waals surface area (Å²) >= 11 is 1.44. The first-order valence-corrected chi connectivity index (χ1v) is 5.13. The zero-order valence-corrected chi connectivity index (χ0v) is 8.47. The predicted molar refractivity (Wildman–Crippen MR) is 54.0 cm³/mol. The molecule has 0 saturated heterocycles. The molecule has 0 aromatic carbocycles. The molecule has 74 valence electrons. The molecule has 1 N–H and O–H groups in total. The molecule has 13 heavy (non-hydrogen) atoms. The van der Waals surface area contributed by atoms with Gasteiger partial charge in [-0.15, -0.1) is 18.3 Å². The van der Waals surface area contributed by atoms with Gasteiger partial charge in [-0.2, -0.15) is 0 Å². The van der Waals surface area contributed by atoms with Gasteiger partial charge in [0.25, 0.3) is 0 Å². The largest absolute Gasteiger partial charge is 0.481 e. The fourth-order valence-electron chi connectivity index (χ4n) is 0.886. The molecule has 0 spiro atoms. The SMILES string of the molecule is C=CCSC(CC)C(=O)CC(=O)O. The summed E-state index contributed by atoms with van der Waals surface area (Å²) in [5.41, 5.74) is 0. The predicted octanol–water partition coefficient (Wildman–Crippen LogP) is 1.73. The average Bonchev–Trinajstić information content (AvgIpc) is 2.04. The van der Waals surface area contributed by atoms with E-state index >= 15 is 0 Å². The van der Waals surface area contributed by atoms with E-state index in [-0.39, 0.29) is 17.5 Å². The van der Waals surface area contributed by atoms with Crippen LogP contribution in [-0.4, -0.2) is 27.9 Å². The van der Waals surface area contributed by atoms with Crippen LogP contribution in [0.1, 0.15) is 19.8 Å².